The Morgan fingerprint density at radius 3 is 2.82 bits per heavy atom. The first-order valence-corrected chi connectivity index (χ1v) is 8.74. The summed E-state index contributed by atoms with van der Waals surface area (Å²) >= 11 is 0. The molecule has 0 saturated carbocycles. The van der Waals surface area contributed by atoms with E-state index < -0.39 is 5.60 Å². The summed E-state index contributed by atoms with van der Waals surface area (Å²) in [6.45, 7) is 6.52. The number of fused-ring (bicyclic) bond motifs is 1. The molecule has 22 heavy (non-hydrogen) atoms. The van der Waals surface area contributed by atoms with Crippen molar-refractivity contribution in [2.24, 2.45) is 0 Å². The van der Waals surface area contributed by atoms with E-state index in [0.717, 1.165) is 12.8 Å². The van der Waals surface area contributed by atoms with Crippen LogP contribution in [-0.4, -0.2) is 30.5 Å². The van der Waals surface area contributed by atoms with Gasteiger partial charge in [-0.2, -0.15) is 0 Å². The van der Waals surface area contributed by atoms with Crippen LogP contribution in [0.5, 0.6) is 0 Å². The largest absolute Gasteiger partial charge is 0.388 e. The average molecular weight is 303 g/mol. The Bertz CT molecular complexity index is 506. The number of rotatable bonds is 4. The minimum Gasteiger partial charge on any atom is -0.388 e. The van der Waals surface area contributed by atoms with E-state index in [-0.39, 0.29) is 0 Å². The van der Waals surface area contributed by atoms with Crippen molar-refractivity contribution in [2.75, 3.05) is 19.8 Å². The molecule has 1 saturated heterocycles. The quantitative estimate of drug-likeness (QED) is 0.896. The number of benzene rings is 1. The maximum atomic E-state index is 10.7. The molecule has 0 aromatic heterocycles. The van der Waals surface area contributed by atoms with E-state index in [4.69, 9.17) is 4.74 Å². The van der Waals surface area contributed by atoms with Crippen LogP contribution in [0, 0.1) is 0 Å². The number of ether oxygens (including phenoxy) is 1. The highest BCUT2D eigenvalue weighted by Crippen LogP contribution is 2.33. The van der Waals surface area contributed by atoms with Gasteiger partial charge < -0.3 is 15.2 Å². The number of nitrogens with one attached hydrogen (secondary N) is 1. The smallest absolute Gasteiger partial charge is 0.0815 e. The molecule has 0 amide bonds. The predicted octanol–water partition coefficient (Wildman–Crippen LogP) is 3.32. The fourth-order valence-corrected chi connectivity index (χ4v) is 3.63. The molecule has 1 aliphatic carbocycles. The van der Waals surface area contributed by atoms with Gasteiger partial charge in [0.05, 0.1) is 5.60 Å². The molecule has 1 heterocycles. The van der Waals surface area contributed by atoms with Gasteiger partial charge in [0.1, 0.15) is 0 Å². The van der Waals surface area contributed by atoms with Gasteiger partial charge in [-0.15, -0.1) is 0 Å². The molecule has 122 valence electrons. The van der Waals surface area contributed by atoms with Crippen LogP contribution in [0.4, 0.5) is 0 Å². The van der Waals surface area contributed by atoms with E-state index in [9.17, 15) is 5.11 Å². The normalized spacial score (nSPS) is 24.3. The summed E-state index contributed by atoms with van der Waals surface area (Å²) in [7, 11) is 0. The molecular weight excluding hydrogens is 274 g/mol. The summed E-state index contributed by atoms with van der Waals surface area (Å²) in [5.74, 6) is 0.563. The van der Waals surface area contributed by atoms with Crippen LogP contribution in [0.25, 0.3) is 0 Å². The molecule has 1 aromatic rings. The fourth-order valence-electron chi connectivity index (χ4n) is 3.63. The lowest BCUT2D eigenvalue weighted by molar-refractivity contribution is -0.0630. The highest BCUT2D eigenvalue weighted by atomic mass is 16.5. The molecule has 0 bridgehead atoms. The molecule has 3 rings (SSSR count). The van der Waals surface area contributed by atoms with Gasteiger partial charge in [-0.05, 0) is 41.9 Å². The molecule has 3 heteroatoms. The van der Waals surface area contributed by atoms with Crippen molar-refractivity contribution in [2.45, 2.75) is 63.5 Å². The highest BCUT2D eigenvalue weighted by molar-refractivity contribution is 5.37. The van der Waals surface area contributed by atoms with Gasteiger partial charge >= 0.3 is 0 Å². The predicted molar refractivity (Wildman–Crippen MR) is 89.2 cm³/mol. The first-order valence-electron chi connectivity index (χ1n) is 8.74. The second kappa shape index (κ2) is 6.69. The van der Waals surface area contributed by atoms with Crippen molar-refractivity contribution in [1.82, 2.24) is 5.32 Å². The summed E-state index contributed by atoms with van der Waals surface area (Å²) in [6.07, 6.45) is 5.07. The first-order chi connectivity index (χ1) is 10.6. The summed E-state index contributed by atoms with van der Waals surface area (Å²) in [5.41, 5.74) is 3.75. The van der Waals surface area contributed by atoms with Gasteiger partial charge in [0, 0.05) is 38.6 Å². The number of aliphatic hydroxyl groups is 1. The molecule has 1 aromatic carbocycles. The first kappa shape index (κ1) is 16.0. The van der Waals surface area contributed by atoms with Crippen LogP contribution in [0.15, 0.2) is 18.2 Å². The van der Waals surface area contributed by atoms with Crippen LogP contribution in [0.3, 0.4) is 0 Å². The molecule has 0 spiro atoms. The lowest BCUT2D eigenvalue weighted by Crippen LogP contribution is -2.46. The summed E-state index contributed by atoms with van der Waals surface area (Å²) < 4.78 is 5.37. The molecule has 1 fully saturated rings. The van der Waals surface area contributed by atoms with Gasteiger partial charge in [0.2, 0.25) is 0 Å². The third kappa shape index (κ3) is 3.53. The van der Waals surface area contributed by atoms with Crippen molar-refractivity contribution < 1.29 is 9.84 Å². The Balaban J connectivity index is 1.72. The summed E-state index contributed by atoms with van der Waals surface area (Å²) in [5, 5.41) is 14.3. The van der Waals surface area contributed by atoms with Crippen LogP contribution >= 0.6 is 0 Å². The zero-order valence-corrected chi connectivity index (χ0v) is 13.9. The third-order valence-corrected chi connectivity index (χ3v) is 5.25. The Kier molecular flexibility index (Phi) is 4.86. The van der Waals surface area contributed by atoms with Gasteiger partial charge in [-0.3, -0.25) is 0 Å². The van der Waals surface area contributed by atoms with Crippen LogP contribution < -0.4 is 5.32 Å². The number of hydrogen-bond acceptors (Lipinski definition) is 3. The van der Waals surface area contributed by atoms with Crippen molar-refractivity contribution in [3.63, 3.8) is 0 Å². The van der Waals surface area contributed by atoms with E-state index in [1.54, 1.807) is 0 Å². The van der Waals surface area contributed by atoms with E-state index in [2.05, 4.69) is 37.4 Å². The van der Waals surface area contributed by atoms with Crippen LogP contribution in [0.1, 0.15) is 68.2 Å². The van der Waals surface area contributed by atoms with Crippen molar-refractivity contribution >= 4 is 0 Å². The number of hydrogen-bond donors (Lipinski definition) is 2. The monoisotopic (exact) mass is 303 g/mol. The Morgan fingerprint density at radius 2 is 2.09 bits per heavy atom. The SMILES string of the molecule is CC(C)c1ccc2c(c1)C(NCC1(O)CCOCC1)CCC2. The minimum atomic E-state index is -0.592. The fraction of sp³-hybridized carbons (Fsp3) is 0.684. The van der Waals surface area contributed by atoms with Crippen molar-refractivity contribution in [3.05, 3.63) is 34.9 Å². The molecule has 1 atom stereocenters. The van der Waals surface area contributed by atoms with Crippen LogP contribution in [0.2, 0.25) is 0 Å². The molecule has 3 nitrogen and oxygen atoms in total. The number of aryl methyl sites for hydroxylation is 1. The second-order valence-corrected chi connectivity index (χ2v) is 7.28. The second-order valence-electron chi connectivity index (χ2n) is 7.28. The molecule has 0 radical (unpaired) electrons. The van der Waals surface area contributed by atoms with Crippen molar-refractivity contribution in [3.8, 4) is 0 Å². The van der Waals surface area contributed by atoms with Crippen LogP contribution in [-0.2, 0) is 11.2 Å². The molecular formula is C19H29NO2. The van der Waals surface area contributed by atoms with Gasteiger partial charge in [0.15, 0.2) is 0 Å². The van der Waals surface area contributed by atoms with Gasteiger partial charge in [0.25, 0.3) is 0 Å². The lowest BCUT2D eigenvalue weighted by atomic mass is 9.84. The van der Waals surface area contributed by atoms with Crippen molar-refractivity contribution in [1.29, 1.82) is 0 Å². The highest BCUT2D eigenvalue weighted by Gasteiger charge is 2.31. The molecule has 2 N–H and O–H groups in total. The topological polar surface area (TPSA) is 41.5 Å². The van der Waals surface area contributed by atoms with Gasteiger partial charge in [-0.1, -0.05) is 32.0 Å². The Morgan fingerprint density at radius 1 is 1.32 bits per heavy atom. The zero-order chi connectivity index (χ0) is 15.6. The molecule has 1 aliphatic heterocycles. The minimum absolute atomic E-state index is 0.384. The average Bonchev–Trinajstić information content (AvgIpc) is 2.53. The van der Waals surface area contributed by atoms with E-state index in [0.29, 0.717) is 31.7 Å². The van der Waals surface area contributed by atoms with E-state index in [1.165, 1.54) is 36.0 Å². The standard InChI is InChI=1S/C19H29NO2/c1-14(2)16-7-6-15-4-3-5-18(17(15)12-16)20-13-19(21)8-10-22-11-9-19/h6-7,12,14,18,20-21H,3-5,8-11,13H2,1-2H3. The Hall–Kier alpha value is -0.900. The van der Waals surface area contributed by atoms with Gasteiger partial charge in [-0.25, -0.2) is 0 Å². The molecule has 2 aliphatic rings. The third-order valence-electron chi connectivity index (χ3n) is 5.25. The summed E-state index contributed by atoms with van der Waals surface area (Å²) in [4.78, 5) is 0. The van der Waals surface area contributed by atoms with E-state index >= 15 is 0 Å². The maximum absolute atomic E-state index is 10.7. The Labute approximate surface area is 134 Å². The molecule has 1 unspecified atom stereocenters. The lowest BCUT2D eigenvalue weighted by Gasteiger charge is -2.35. The maximum Gasteiger partial charge on any atom is 0.0815 e. The zero-order valence-electron chi connectivity index (χ0n) is 13.9. The van der Waals surface area contributed by atoms with E-state index in [1.807, 2.05) is 0 Å². The summed E-state index contributed by atoms with van der Waals surface area (Å²) in [6, 6.07) is 7.35.